The Hall–Kier alpha value is -1.60. The number of nitrogens with zero attached hydrogens (tertiary/aromatic N) is 1. The highest BCUT2D eigenvalue weighted by Gasteiger charge is 2.42. The molecule has 1 heterocycles. The zero-order valence-corrected chi connectivity index (χ0v) is 23.8. The Kier molecular flexibility index (Phi) is 7.19. The van der Waals surface area contributed by atoms with Gasteiger partial charge in [0.15, 0.2) is 11.6 Å². The van der Waals surface area contributed by atoms with Crippen molar-refractivity contribution in [1.82, 2.24) is 4.90 Å². The Morgan fingerprint density at radius 2 is 1.49 bits per heavy atom. The molecule has 0 spiro atoms. The van der Waals surface area contributed by atoms with Crippen LogP contribution in [0, 0.1) is 0 Å². The average molecular weight is 640 g/mol. The van der Waals surface area contributed by atoms with Crippen molar-refractivity contribution >= 4 is 66.6 Å². The molecule has 35 heavy (non-hydrogen) atoms. The first-order valence-electron chi connectivity index (χ1n) is 11.6. The average Bonchev–Trinajstić information content (AvgIpc) is 2.81. The minimum Gasteiger partial charge on any atom is -0.486 e. The summed E-state index contributed by atoms with van der Waals surface area (Å²) in [6.07, 6.45) is 4.43. The van der Waals surface area contributed by atoms with Crippen molar-refractivity contribution in [3.63, 3.8) is 0 Å². The van der Waals surface area contributed by atoms with Gasteiger partial charge in [0, 0.05) is 64.0 Å². The predicted molar refractivity (Wildman–Crippen MR) is 145 cm³/mol. The van der Waals surface area contributed by atoms with Gasteiger partial charge >= 0.3 is 0 Å². The molecule has 2 aromatic rings. The summed E-state index contributed by atoms with van der Waals surface area (Å²) in [5.41, 5.74) is 5.38. The van der Waals surface area contributed by atoms with E-state index in [9.17, 15) is 9.59 Å². The summed E-state index contributed by atoms with van der Waals surface area (Å²) < 4.78 is 7.58. The van der Waals surface area contributed by atoms with Crippen LogP contribution in [-0.2, 0) is 16.2 Å². The predicted octanol–water partition coefficient (Wildman–Crippen LogP) is 8.14. The molecule has 2 aromatic carbocycles. The number of hydrogen-bond donors (Lipinski definition) is 0. The lowest BCUT2D eigenvalue weighted by Gasteiger charge is -2.42. The number of benzene rings is 2. The van der Waals surface area contributed by atoms with Crippen LogP contribution < -0.4 is 4.74 Å². The number of rotatable bonds is 4. The van der Waals surface area contributed by atoms with Gasteiger partial charge in [-0.3, -0.25) is 9.59 Å². The number of hydrogen-bond acceptors (Lipinski definition) is 4. The summed E-state index contributed by atoms with van der Waals surface area (Å²) in [5, 5.41) is 1.11. The zero-order chi connectivity index (χ0) is 24.9. The van der Waals surface area contributed by atoms with Crippen molar-refractivity contribution in [2.75, 3.05) is 7.05 Å². The fourth-order valence-corrected chi connectivity index (χ4v) is 7.27. The molecule has 0 N–H and O–H groups in total. The lowest BCUT2D eigenvalue weighted by Crippen LogP contribution is -2.37. The van der Waals surface area contributed by atoms with E-state index < -0.39 is 0 Å². The molecule has 0 saturated heterocycles. The molecule has 0 radical (unpaired) electrons. The highest BCUT2D eigenvalue weighted by molar-refractivity contribution is 9.11. The van der Waals surface area contributed by atoms with E-state index in [2.05, 4.69) is 36.8 Å². The van der Waals surface area contributed by atoms with Crippen molar-refractivity contribution in [2.24, 2.45) is 0 Å². The normalized spacial score (nSPS) is 18.7. The van der Waals surface area contributed by atoms with E-state index in [0.717, 1.165) is 68.3 Å². The van der Waals surface area contributed by atoms with E-state index in [4.69, 9.17) is 27.9 Å². The fraction of sp³-hybridized carbons (Fsp3) is 0.333. The molecular weight excluding hydrogens is 617 g/mol. The lowest BCUT2D eigenvalue weighted by molar-refractivity contribution is -0.117. The summed E-state index contributed by atoms with van der Waals surface area (Å²) >= 11 is 19.6. The van der Waals surface area contributed by atoms with Gasteiger partial charge in [0.1, 0.15) is 12.4 Å². The van der Waals surface area contributed by atoms with E-state index in [1.54, 1.807) is 12.1 Å². The third kappa shape index (κ3) is 4.63. The molecule has 1 aliphatic heterocycles. The number of Topliss-reactive ketones (excluding diaryl/α,β-unsaturated/α-hetero) is 2. The van der Waals surface area contributed by atoms with Gasteiger partial charge in [0.05, 0.1) is 8.95 Å². The Bertz CT molecular complexity index is 1250. The Morgan fingerprint density at radius 3 is 2.03 bits per heavy atom. The van der Waals surface area contributed by atoms with Crippen LogP contribution in [-0.4, -0.2) is 23.5 Å². The second-order valence-corrected chi connectivity index (χ2v) is 11.7. The van der Waals surface area contributed by atoms with Gasteiger partial charge < -0.3 is 9.64 Å². The lowest BCUT2D eigenvalue weighted by atomic mass is 9.71. The monoisotopic (exact) mass is 637 g/mol. The minimum atomic E-state index is -0.357. The van der Waals surface area contributed by atoms with Crippen molar-refractivity contribution in [3.05, 3.63) is 83.0 Å². The van der Waals surface area contributed by atoms with Gasteiger partial charge in [0.25, 0.3) is 0 Å². The first kappa shape index (κ1) is 25.1. The fourth-order valence-electron chi connectivity index (χ4n) is 5.36. The molecule has 5 rings (SSSR count). The van der Waals surface area contributed by atoms with Gasteiger partial charge in [0.2, 0.25) is 0 Å². The van der Waals surface area contributed by atoms with Crippen LogP contribution in [0.25, 0.3) is 0 Å². The maximum absolute atomic E-state index is 13.2. The summed E-state index contributed by atoms with van der Waals surface area (Å²) in [6, 6.07) is 9.24. The second-order valence-electron chi connectivity index (χ2n) is 9.10. The topological polar surface area (TPSA) is 46.6 Å². The number of ketones is 2. The Labute approximate surface area is 231 Å². The molecule has 2 aliphatic carbocycles. The SMILES string of the molecule is CN1C2=C(C(=O)CCC2)C(c2cc(Br)c(OCc3ccc(Cl)cc3Cl)c(Br)c2)C2=C1CCCC2=O. The molecule has 4 nitrogen and oxygen atoms in total. The van der Waals surface area contributed by atoms with Gasteiger partial charge in [-0.25, -0.2) is 0 Å². The summed E-state index contributed by atoms with van der Waals surface area (Å²) in [7, 11) is 2.00. The first-order chi connectivity index (χ1) is 16.8. The zero-order valence-electron chi connectivity index (χ0n) is 19.1. The third-order valence-electron chi connectivity index (χ3n) is 6.99. The maximum atomic E-state index is 13.2. The van der Waals surface area contributed by atoms with Gasteiger partial charge in [-0.1, -0.05) is 29.3 Å². The van der Waals surface area contributed by atoms with Crippen LogP contribution in [0.1, 0.15) is 55.6 Å². The van der Waals surface area contributed by atoms with Crippen molar-refractivity contribution in [3.8, 4) is 5.75 Å². The molecule has 0 unspecified atom stereocenters. The molecule has 0 fully saturated rings. The van der Waals surface area contributed by atoms with E-state index in [0.29, 0.717) is 28.6 Å². The largest absolute Gasteiger partial charge is 0.486 e. The minimum absolute atomic E-state index is 0.137. The number of ether oxygens (including phenoxy) is 1. The van der Waals surface area contributed by atoms with Gasteiger partial charge in [-0.2, -0.15) is 0 Å². The molecule has 0 bridgehead atoms. The summed E-state index contributed by atoms with van der Waals surface area (Å²) in [6.45, 7) is 0.266. The standard InChI is InChI=1S/C27H23Br2Cl2NO3/c1-32-20-4-2-6-22(33)25(20)24(26-21(32)5-3-7-23(26)34)15-10-17(28)27(18(29)11-15)35-13-14-8-9-16(30)12-19(14)31/h8-12,24H,2-7,13H2,1H3. The number of allylic oxidation sites excluding steroid dienone is 4. The molecule has 3 aliphatic rings. The van der Waals surface area contributed by atoms with Crippen molar-refractivity contribution < 1.29 is 14.3 Å². The number of halogens is 4. The highest BCUT2D eigenvalue weighted by Crippen LogP contribution is 2.50. The smallest absolute Gasteiger partial charge is 0.161 e. The molecule has 0 saturated carbocycles. The van der Waals surface area contributed by atoms with Crippen LogP contribution in [0.5, 0.6) is 5.75 Å². The van der Waals surface area contributed by atoms with Gasteiger partial charge in [-0.05, 0) is 87.4 Å². The first-order valence-corrected chi connectivity index (χ1v) is 13.9. The quantitative estimate of drug-likeness (QED) is 0.339. The third-order valence-corrected chi connectivity index (χ3v) is 8.75. The Balaban J connectivity index is 1.55. The van der Waals surface area contributed by atoms with Crippen molar-refractivity contribution in [2.45, 2.75) is 51.0 Å². The van der Waals surface area contributed by atoms with E-state index in [-0.39, 0.29) is 24.1 Å². The van der Waals surface area contributed by atoms with Crippen LogP contribution >= 0.6 is 55.1 Å². The molecule has 0 aromatic heterocycles. The van der Waals surface area contributed by atoms with E-state index in [1.165, 1.54) is 0 Å². The summed E-state index contributed by atoms with van der Waals surface area (Å²) in [4.78, 5) is 28.5. The summed E-state index contributed by atoms with van der Waals surface area (Å²) in [5.74, 6) is 0.543. The van der Waals surface area contributed by atoms with Crippen LogP contribution in [0.2, 0.25) is 10.0 Å². The van der Waals surface area contributed by atoms with E-state index in [1.807, 2.05) is 25.2 Å². The second kappa shape index (κ2) is 10.0. The molecule has 8 heteroatoms. The molecule has 0 atom stereocenters. The van der Waals surface area contributed by atoms with Crippen LogP contribution in [0.4, 0.5) is 0 Å². The van der Waals surface area contributed by atoms with Crippen LogP contribution in [0.15, 0.2) is 61.8 Å². The molecule has 182 valence electrons. The van der Waals surface area contributed by atoms with E-state index >= 15 is 0 Å². The molecule has 0 amide bonds. The number of carbonyl (C=O) groups excluding carboxylic acids is 2. The van der Waals surface area contributed by atoms with Gasteiger partial charge in [-0.15, -0.1) is 0 Å². The molecular formula is C27H23Br2Cl2NO3. The van der Waals surface area contributed by atoms with Crippen molar-refractivity contribution in [1.29, 1.82) is 0 Å². The highest BCUT2D eigenvalue weighted by atomic mass is 79.9. The maximum Gasteiger partial charge on any atom is 0.161 e. The van der Waals surface area contributed by atoms with Crippen LogP contribution in [0.3, 0.4) is 0 Å². The number of carbonyl (C=O) groups is 2. The Morgan fingerprint density at radius 1 is 0.914 bits per heavy atom.